The number of aryl methyl sites for hydroxylation is 1. The summed E-state index contributed by atoms with van der Waals surface area (Å²) >= 11 is 0. The van der Waals surface area contributed by atoms with Crippen LogP contribution in [0.5, 0.6) is 0 Å². The van der Waals surface area contributed by atoms with E-state index >= 15 is 0 Å². The second kappa shape index (κ2) is 8.98. The fourth-order valence-corrected chi connectivity index (χ4v) is 2.43. The molecule has 1 aromatic rings. The van der Waals surface area contributed by atoms with Crippen molar-refractivity contribution in [2.24, 2.45) is 0 Å². The first-order valence-corrected chi connectivity index (χ1v) is 7.30. The summed E-state index contributed by atoms with van der Waals surface area (Å²) in [5.74, 6) is 0.328. The predicted molar refractivity (Wildman–Crippen MR) is 85.2 cm³/mol. The van der Waals surface area contributed by atoms with E-state index < -0.39 is 0 Å². The maximum absolute atomic E-state index is 11.8. The molecule has 4 heteroatoms. The van der Waals surface area contributed by atoms with E-state index in [9.17, 15) is 4.79 Å². The van der Waals surface area contributed by atoms with Gasteiger partial charge in [0.2, 0.25) is 5.91 Å². The minimum atomic E-state index is 0. The molecule has 1 amide bonds. The smallest absolute Gasteiger partial charge is 0.222 e. The van der Waals surface area contributed by atoms with Gasteiger partial charge in [-0.25, -0.2) is 0 Å². The Morgan fingerprint density at radius 3 is 2.65 bits per heavy atom. The average Bonchev–Trinajstić information content (AvgIpc) is 2.62. The van der Waals surface area contributed by atoms with Crippen LogP contribution in [0, 0.1) is 6.92 Å². The van der Waals surface area contributed by atoms with E-state index in [0.29, 0.717) is 5.91 Å². The number of benzene rings is 1. The maximum Gasteiger partial charge on any atom is 0.222 e. The number of carbonyl (C=O) groups excluding carboxylic acids is 1. The van der Waals surface area contributed by atoms with Crippen LogP contribution in [-0.4, -0.2) is 30.4 Å². The Balaban J connectivity index is 0.00000200. The van der Waals surface area contributed by atoms with Crippen LogP contribution < -0.4 is 5.32 Å². The molecule has 0 aliphatic carbocycles. The van der Waals surface area contributed by atoms with Crippen LogP contribution in [0.4, 0.5) is 0 Å². The number of nitrogens with zero attached hydrogens (tertiary/aromatic N) is 1. The number of hydrogen-bond acceptors (Lipinski definition) is 2. The van der Waals surface area contributed by atoms with Crippen LogP contribution in [0.2, 0.25) is 0 Å². The first kappa shape index (κ1) is 17.0. The highest BCUT2D eigenvalue weighted by Gasteiger charge is 2.15. The molecule has 0 unspecified atom stereocenters. The van der Waals surface area contributed by atoms with Gasteiger partial charge in [0.25, 0.3) is 0 Å². The normalized spacial score (nSPS) is 15.7. The second-order valence-electron chi connectivity index (χ2n) is 5.35. The Morgan fingerprint density at radius 2 is 1.90 bits per heavy atom. The minimum absolute atomic E-state index is 0. The van der Waals surface area contributed by atoms with Gasteiger partial charge in [-0.1, -0.05) is 36.2 Å². The first-order chi connectivity index (χ1) is 9.25. The molecule has 20 heavy (non-hydrogen) atoms. The summed E-state index contributed by atoms with van der Waals surface area (Å²) in [4.78, 5) is 13.8. The van der Waals surface area contributed by atoms with E-state index in [0.717, 1.165) is 45.4 Å². The van der Waals surface area contributed by atoms with Gasteiger partial charge in [-0.15, -0.1) is 12.4 Å². The molecule has 0 atom stereocenters. The first-order valence-electron chi connectivity index (χ1n) is 7.30. The van der Waals surface area contributed by atoms with Crippen LogP contribution in [0.15, 0.2) is 24.3 Å². The third kappa shape index (κ3) is 5.51. The van der Waals surface area contributed by atoms with Crippen LogP contribution in [-0.2, 0) is 11.3 Å². The summed E-state index contributed by atoms with van der Waals surface area (Å²) in [6.45, 7) is 5.62. The largest absolute Gasteiger partial charge is 0.341 e. The van der Waals surface area contributed by atoms with E-state index in [2.05, 4.69) is 36.5 Å². The van der Waals surface area contributed by atoms with E-state index in [1.807, 2.05) is 4.90 Å². The van der Waals surface area contributed by atoms with Crippen molar-refractivity contribution in [3.63, 3.8) is 0 Å². The van der Waals surface area contributed by atoms with Crippen molar-refractivity contribution < 1.29 is 4.79 Å². The zero-order chi connectivity index (χ0) is 13.5. The highest BCUT2D eigenvalue weighted by Crippen LogP contribution is 2.10. The molecule has 1 saturated heterocycles. The molecule has 0 aromatic heterocycles. The Bertz CT molecular complexity index is 405. The fraction of sp³-hybridized carbons (Fsp3) is 0.562. The predicted octanol–water partition coefficient (Wildman–Crippen LogP) is 2.91. The van der Waals surface area contributed by atoms with Gasteiger partial charge >= 0.3 is 0 Å². The molecule has 1 heterocycles. The van der Waals surface area contributed by atoms with Crippen molar-refractivity contribution in [3.8, 4) is 0 Å². The Labute approximate surface area is 128 Å². The van der Waals surface area contributed by atoms with Crippen LogP contribution in [0.3, 0.4) is 0 Å². The molecule has 2 rings (SSSR count). The molecule has 3 nitrogen and oxygen atoms in total. The standard InChI is InChI=1S/C16H24N2O.ClH/c1-14-6-8-15(9-7-14)13-17-10-12-18-11-4-2-3-5-16(18)19;/h6-9,17H,2-5,10-13H2,1H3;1H. The van der Waals surface area contributed by atoms with Gasteiger partial charge in [-0.2, -0.15) is 0 Å². The molecule has 1 aliphatic heterocycles. The third-order valence-corrected chi connectivity index (χ3v) is 3.68. The zero-order valence-corrected chi connectivity index (χ0v) is 13.0. The molecule has 1 aliphatic rings. The van der Waals surface area contributed by atoms with Crippen LogP contribution in [0.25, 0.3) is 0 Å². The van der Waals surface area contributed by atoms with E-state index in [1.165, 1.54) is 17.5 Å². The van der Waals surface area contributed by atoms with Crippen molar-refractivity contribution >= 4 is 18.3 Å². The van der Waals surface area contributed by atoms with E-state index in [-0.39, 0.29) is 12.4 Å². The lowest BCUT2D eigenvalue weighted by molar-refractivity contribution is -0.130. The van der Waals surface area contributed by atoms with E-state index in [1.54, 1.807) is 0 Å². The highest BCUT2D eigenvalue weighted by atomic mass is 35.5. The lowest BCUT2D eigenvalue weighted by Gasteiger charge is -2.20. The molecule has 0 spiro atoms. The number of halogens is 1. The van der Waals surface area contributed by atoms with E-state index in [4.69, 9.17) is 0 Å². The monoisotopic (exact) mass is 296 g/mol. The molecule has 0 bridgehead atoms. The molecular weight excluding hydrogens is 272 g/mol. The van der Waals surface area contributed by atoms with Crippen LogP contribution in [0.1, 0.15) is 36.8 Å². The Hall–Kier alpha value is -1.06. The lowest BCUT2D eigenvalue weighted by Crippen LogP contribution is -2.36. The molecule has 0 radical (unpaired) electrons. The third-order valence-electron chi connectivity index (χ3n) is 3.68. The van der Waals surface area contributed by atoms with Gasteiger partial charge < -0.3 is 10.2 Å². The number of amides is 1. The average molecular weight is 297 g/mol. The molecule has 0 saturated carbocycles. The fourth-order valence-electron chi connectivity index (χ4n) is 2.43. The molecule has 112 valence electrons. The molecule has 1 aromatic carbocycles. The number of nitrogens with one attached hydrogen (secondary N) is 1. The van der Waals surface area contributed by atoms with Gasteiger partial charge in [0, 0.05) is 32.6 Å². The lowest BCUT2D eigenvalue weighted by atomic mass is 10.1. The second-order valence-corrected chi connectivity index (χ2v) is 5.35. The molecule has 1 fully saturated rings. The Morgan fingerprint density at radius 1 is 1.15 bits per heavy atom. The summed E-state index contributed by atoms with van der Waals surface area (Å²) in [5, 5.41) is 3.42. The van der Waals surface area contributed by atoms with Gasteiger partial charge in [-0.3, -0.25) is 4.79 Å². The van der Waals surface area contributed by atoms with Gasteiger partial charge in [0.1, 0.15) is 0 Å². The quantitative estimate of drug-likeness (QED) is 0.848. The van der Waals surface area contributed by atoms with Crippen molar-refractivity contribution in [3.05, 3.63) is 35.4 Å². The maximum atomic E-state index is 11.8. The topological polar surface area (TPSA) is 32.3 Å². The van der Waals surface area contributed by atoms with Gasteiger partial charge in [-0.05, 0) is 25.3 Å². The summed E-state index contributed by atoms with van der Waals surface area (Å²) < 4.78 is 0. The highest BCUT2D eigenvalue weighted by molar-refractivity contribution is 5.85. The van der Waals surface area contributed by atoms with Crippen molar-refractivity contribution in [2.75, 3.05) is 19.6 Å². The molecule has 1 N–H and O–H groups in total. The number of rotatable bonds is 5. The summed E-state index contributed by atoms with van der Waals surface area (Å²) in [7, 11) is 0. The van der Waals surface area contributed by atoms with Gasteiger partial charge in [0.15, 0.2) is 0 Å². The van der Waals surface area contributed by atoms with Crippen molar-refractivity contribution in [1.82, 2.24) is 10.2 Å². The summed E-state index contributed by atoms with van der Waals surface area (Å²) in [6.07, 6.45) is 4.15. The van der Waals surface area contributed by atoms with Crippen molar-refractivity contribution in [2.45, 2.75) is 39.2 Å². The SMILES string of the molecule is Cc1ccc(CNCCN2CCCCCC2=O)cc1.Cl. The molecular formula is C16H25ClN2O. The van der Waals surface area contributed by atoms with Crippen molar-refractivity contribution in [1.29, 1.82) is 0 Å². The summed E-state index contributed by atoms with van der Waals surface area (Å²) in [5.41, 5.74) is 2.59. The number of hydrogen-bond donors (Lipinski definition) is 1. The van der Waals surface area contributed by atoms with Gasteiger partial charge in [0.05, 0.1) is 0 Å². The zero-order valence-electron chi connectivity index (χ0n) is 12.2. The number of likely N-dealkylation sites (tertiary alicyclic amines) is 1. The summed E-state index contributed by atoms with van der Waals surface area (Å²) in [6, 6.07) is 8.57. The van der Waals surface area contributed by atoms with Crippen LogP contribution >= 0.6 is 12.4 Å². The number of carbonyl (C=O) groups is 1. The Kier molecular flexibility index (Phi) is 7.63. The minimum Gasteiger partial charge on any atom is -0.341 e.